The number of hydrogen-bond acceptors (Lipinski definition) is 15. The molecule has 1 fully saturated rings. The summed E-state index contributed by atoms with van der Waals surface area (Å²) in [6.45, 7) is -1.47. The third-order valence-corrected chi connectivity index (χ3v) is 6.90. The van der Waals surface area contributed by atoms with Gasteiger partial charge in [-0.2, -0.15) is 0 Å². The van der Waals surface area contributed by atoms with Crippen molar-refractivity contribution in [3.63, 3.8) is 0 Å². The van der Waals surface area contributed by atoms with Crippen LogP contribution in [0.25, 0.3) is 11.2 Å². The predicted octanol–water partition coefficient (Wildman–Crippen LogP) is -1.94. The molecule has 15 nitrogen and oxygen atoms in total. The summed E-state index contributed by atoms with van der Waals surface area (Å²) in [7, 11) is 0. The number of carbonyl (C=O) groups excluding carboxylic acids is 1. The molecular formula is C23H29N5O10S. The Morgan fingerprint density at radius 1 is 1.10 bits per heavy atom. The molecular weight excluding hydrogens is 538 g/mol. The third kappa shape index (κ3) is 6.56. The number of aliphatic hydroxyl groups is 6. The molecule has 0 radical (unpaired) electrons. The first-order chi connectivity index (χ1) is 18.7. The molecule has 39 heavy (non-hydrogen) atoms. The van der Waals surface area contributed by atoms with Crippen LogP contribution in [0.1, 0.15) is 16.6 Å². The van der Waals surface area contributed by atoms with Gasteiger partial charge in [-0.05, 0) is 24.3 Å². The zero-order valence-corrected chi connectivity index (χ0v) is 21.3. The smallest absolute Gasteiger partial charge is 0.338 e. The van der Waals surface area contributed by atoms with Crippen LogP contribution in [0.4, 0.5) is 5.82 Å². The van der Waals surface area contributed by atoms with Gasteiger partial charge in [0, 0.05) is 5.75 Å². The lowest BCUT2D eigenvalue weighted by Gasteiger charge is -2.19. The molecule has 0 saturated carbocycles. The van der Waals surface area contributed by atoms with E-state index in [4.69, 9.17) is 25.1 Å². The number of ether oxygens (including phenoxy) is 3. The lowest BCUT2D eigenvalue weighted by molar-refractivity contribution is -0.0548. The first-order valence-corrected chi connectivity index (χ1v) is 12.8. The van der Waals surface area contributed by atoms with E-state index in [1.807, 2.05) is 0 Å². The maximum Gasteiger partial charge on any atom is 0.338 e. The molecule has 1 saturated heterocycles. The Kier molecular flexibility index (Phi) is 9.52. The Balaban J connectivity index is 1.38. The first kappa shape index (κ1) is 28.9. The van der Waals surface area contributed by atoms with Crippen LogP contribution in [0, 0.1) is 0 Å². The molecule has 1 aromatic carbocycles. The highest BCUT2D eigenvalue weighted by Crippen LogP contribution is 2.36. The van der Waals surface area contributed by atoms with E-state index in [1.54, 1.807) is 0 Å². The van der Waals surface area contributed by atoms with Gasteiger partial charge in [-0.15, -0.1) is 0 Å². The van der Waals surface area contributed by atoms with Crippen molar-refractivity contribution in [3.05, 3.63) is 36.2 Å². The van der Waals surface area contributed by atoms with Crippen LogP contribution >= 0.6 is 11.8 Å². The van der Waals surface area contributed by atoms with Gasteiger partial charge in [0.2, 0.25) is 0 Å². The van der Waals surface area contributed by atoms with E-state index in [9.17, 15) is 30.3 Å². The Morgan fingerprint density at radius 2 is 1.85 bits per heavy atom. The van der Waals surface area contributed by atoms with E-state index in [0.29, 0.717) is 5.75 Å². The Morgan fingerprint density at radius 3 is 2.51 bits per heavy atom. The summed E-state index contributed by atoms with van der Waals surface area (Å²) in [5.74, 6) is -0.0999. The summed E-state index contributed by atoms with van der Waals surface area (Å²) in [4.78, 5) is 24.5. The van der Waals surface area contributed by atoms with Crippen molar-refractivity contribution < 1.29 is 49.6 Å². The third-order valence-electron chi connectivity index (χ3n) is 5.80. The average Bonchev–Trinajstić information content (AvgIpc) is 3.46. The fourth-order valence-electron chi connectivity index (χ4n) is 3.74. The molecule has 0 amide bonds. The van der Waals surface area contributed by atoms with Crippen LogP contribution in [-0.4, -0.2) is 119 Å². The molecule has 8 N–H and O–H groups in total. The first-order valence-electron chi connectivity index (χ1n) is 11.8. The zero-order chi connectivity index (χ0) is 28.1. The molecule has 3 heterocycles. The molecule has 0 spiro atoms. The van der Waals surface area contributed by atoms with Crippen molar-refractivity contribution >= 4 is 34.7 Å². The standard InChI is InChI=1S/C23H29N5O10S/c24-19-16-20(26-10-25-19)28(21-18(34)17(33)15(6-30)38-21)23(27-16)39-9-13(32)8-36-14-3-1-11(2-4-14)22(35)37-7-12(31)5-29/h1-4,10,12-13,15,17-18,21,29-34H,5-9H2,(H2,24,25,26)/t12?,13?,15-,17-,18-,21-/m1/s1. The summed E-state index contributed by atoms with van der Waals surface area (Å²) in [5, 5.41) is 59.1. The van der Waals surface area contributed by atoms with Gasteiger partial charge in [-0.1, -0.05) is 11.8 Å². The van der Waals surface area contributed by atoms with Gasteiger partial charge < -0.3 is 50.6 Å². The lowest BCUT2D eigenvalue weighted by atomic mass is 10.1. The van der Waals surface area contributed by atoms with Crippen LogP contribution in [-0.2, 0) is 9.47 Å². The van der Waals surface area contributed by atoms with Crippen molar-refractivity contribution in [2.75, 3.05) is 37.9 Å². The van der Waals surface area contributed by atoms with E-state index in [2.05, 4.69) is 15.0 Å². The lowest BCUT2D eigenvalue weighted by Crippen LogP contribution is -2.33. The van der Waals surface area contributed by atoms with E-state index in [1.165, 1.54) is 35.2 Å². The number of thioether (sulfide) groups is 1. The Labute approximate surface area is 225 Å². The average molecular weight is 568 g/mol. The summed E-state index contributed by atoms with van der Waals surface area (Å²) < 4.78 is 17.6. The number of hydrogen-bond donors (Lipinski definition) is 7. The van der Waals surface area contributed by atoms with Crippen molar-refractivity contribution in [2.45, 2.75) is 41.9 Å². The van der Waals surface area contributed by atoms with Crippen LogP contribution in [0.2, 0.25) is 0 Å². The number of esters is 1. The topological polar surface area (TPSA) is 236 Å². The molecule has 1 aliphatic heterocycles. The summed E-state index contributed by atoms with van der Waals surface area (Å²) in [6.07, 6.45) is -5.77. The number of carbonyl (C=O) groups is 1. The molecule has 0 bridgehead atoms. The minimum atomic E-state index is -1.39. The maximum absolute atomic E-state index is 12.0. The molecule has 2 unspecified atom stereocenters. The molecule has 2 aromatic heterocycles. The van der Waals surface area contributed by atoms with Gasteiger partial charge in [0.25, 0.3) is 0 Å². The van der Waals surface area contributed by atoms with E-state index < -0.39 is 55.9 Å². The van der Waals surface area contributed by atoms with Gasteiger partial charge >= 0.3 is 5.97 Å². The predicted molar refractivity (Wildman–Crippen MR) is 135 cm³/mol. The van der Waals surface area contributed by atoms with E-state index in [0.717, 1.165) is 11.8 Å². The number of aromatic nitrogens is 4. The molecule has 16 heteroatoms. The zero-order valence-electron chi connectivity index (χ0n) is 20.5. The highest BCUT2D eigenvalue weighted by Gasteiger charge is 2.45. The van der Waals surface area contributed by atoms with Gasteiger partial charge in [-0.3, -0.25) is 4.57 Å². The highest BCUT2D eigenvalue weighted by molar-refractivity contribution is 7.99. The highest BCUT2D eigenvalue weighted by atomic mass is 32.2. The molecule has 4 rings (SSSR count). The minimum absolute atomic E-state index is 0.0909. The summed E-state index contributed by atoms with van der Waals surface area (Å²) in [6, 6.07) is 5.95. The van der Waals surface area contributed by atoms with Gasteiger partial charge in [-0.25, -0.2) is 19.7 Å². The molecule has 3 aromatic rings. The molecule has 212 valence electrons. The quantitative estimate of drug-likeness (QED) is 0.0931. The fourth-order valence-corrected chi connectivity index (χ4v) is 4.66. The normalized spacial score (nSPS) is 22.6. The second kappa shape index (κ2) is 12.8. The van der Waals surface area contributed by atoms with Crippen molar-refractivity contribution in [1.29, 1.82) is 0 Å². The summed E-state index contributed by atoms with van der Waals surface area (Å²) in [5.41, 5.74) is 6.64. The van der Waals surface area contributed by atoms with Gasteiger partial charge in [0.15, 0.2) is 28.4 Å². The Bertz CT molecular complexity index is 1260. The maximum atomic E-state index is 12.0. The number of aliphatic hydroxyl groups excluding tert-OH is 6. The van der Waals surface area contributed by atoms with Gasteiger partial charge in [0.1, 0.15) is 49.7 Å². The second-order valence-electron chi connectivity index (χ2n) is 8.66. The number of rotatable bonds is 12. The number of nitrogens with zero attached hydrogens (tertiary/aromatic N) is 4. The number of benzene rings is 1. The van der Waals surface area contributed by atoms with E-state index >= 15 is 0 Å². The largest absolute Gasteiger partial charge is 0.491 e. The summed E-state index contributed by atoms with van der Waals surface area (Å²) >= 11 is 1.10. The number of nitrogen functional groups attached to an aromatic ring is 1. The second-order valence-corrected chi connectivity index (χ2v) is 9.65. The van der Waals surface area contributed by atoms with Crippen LogP contribution < -0.4 is 10.5 Å². The molecule has 1 aliphatic rings. The monoisotopic (exact) mass is 567 g/mol. The number of nitrogens with two attached hydrogens (primary N) is 1. The van der Waals surface area contributed by atoms with Crippen LogP contribution in [0.15, 0.2) is 35.7 Å². The van der Waals surface area contributed by atoms with Gasteiger partial charge in [0.05, 0.1) is 24.9 Å². The van der Waals surface area contributed by atoms with Crippen LogP contribution in [0.5, 0.6) is 5.75 Å². The fraction of sp³-hybridized carbons (Fsp3) is 0.478. The number of imidazole rings is 1. The Hall–Kier alpha value is -3.09. The number of anilines is 1. The minimum Gasteiger partial charge on any atom is -0.491 e. The van der Waals surface area contributed by atoms with Crippen molar-refractivity contribution in [1.82, 2.24) is 19.5 Å². The van der Waals surface area contributed by atoms with Crippen LogP contribution in [0.3, 0.4) is 0 Å². The van der Waals surface area contributed by atoms with Crippen molar-refractivity contribution in [2.24, 2.45) is 0 Å². The SMILES string of the molecule is Nc1ncnc2c1nc(SCC(O)COc1ccc(C(=O)OCC(O)CO)cc1)n2[C@@H]1O[C@H](CO)[C@@H](O)[C@H]1O. The number of fused-ring (bicyclic) bond motifs is 1. The molecule has 6 atom stereocenters. The van der Waals surface area contributed by atoms with Crippen molar-refractivity contribution in [3.8, 4) is 5.75 Å². The molecule has 0 aliphatic carbocycles. The van der Waals surface area contributed by atoms with E-state index in [-0.39, 0.29) is 46.7 Å².